The molecule has 2 radical (unpaired) electrons. The first-order valence-corrected chi connectivity index (χ1v) is 7.51. The van der Waals surface area contributed by atoms with E-state index in [2.05, 4.69) is 38.8 Å². The summed E-state index contributed by atoms with van der Waals surface area (Å²) in [5.41, 5.74) is 0. The summed E-state index contributed by atoms with van der Waals surface area (Å²) in [6, 6.07) is 0. The molecule has 0 aromatic heterocycles. The third kappa shape index (κ3) is 11.0. The molecule has 0 aliphatic carbocycles. The predicted molar refractivity (Wildman–Crippen MR) is 72.9 cm³/mol. The van der Waals surface area contributed by atoms with Crippen molar-refractivity contribution >= 4 is 31.9 Å². The summed E-state index contributed by atoms with van der Waals surface area (Å²) in [5, 5.41) is 2.04. The first kappa shape index (κ1) is 15.0. The van der Waals surface area contributed by atoms with Crippen molar-refractivity contribution < 1.29 is 0 Å². The van der Waals surface area contributed by atoms with E-state index in [1.165, 1.54) is 51.4 Å². The molecule has 0 aliphatic heterocycles. The zero-order chi connectivity index (χ0) is 10.6. The molecule has 2 heteroatoms. The Morgan fingerprint density at radius 2 is 1.43 bits per heavy atom. The minimum Gasteiger partial charge on any atom is -0.0878 e. The van der Waals surface area contributed by atoms with E-state index in [0.29, 0.717) is 4.83 Å². The van der Waals surface area contributed by atoms with Crippen LogP contribution in [-0.4, -0.2) is 4.83 Å². The van der Waals surface area contributed by atoms with Gasteiger partial charge in [-0.15, -0.1) is 0 Å². The molecule has 0 rings (SSSR count). The number of unbranched alkanes of at least 4 members (excludes halogenated alkanes) is 7. The summed E-state index contributed by atoms with van der Waals surface area (Å²) < 4.78 is 0. The first-order valence-electron chi connectivity index (χ1n) is 5.68. The molecule has 0 heterocycles. The number of rotatable bonds is 10. The monoisotopic (exact) mass is 324 g/mol. The van der Waals surface area contributed by atoms with Gasteiger partial charge < -0.3 is 0 Å². The Morgan fingerprint density at radius 3 is 1.93 bits per heavy atom. The van der Waals surface area contributed by atoms with Crippen LogP contribution in [0.1, 0.15) is 57.8 Å². The van der Waals surface area contributed by atoms with Crippen molar-refractivity contribution in [2.75, 3.05) is 0 Å². The lowest BCUT2D eigenvalue weighted by Gasteiger charge is -2.04. The molecule has 0 amide bonds. The Bertz CT molecular complexity index is 104. The first-order chi connectivity index (χ1) is 6.81. The van der Waals surface area contributed by atoms with E-state index in [1.807, 2.05) is 5.33 Å². The number of halogens is 2. The fourth-order valence-corrected chi connectivity index (χ4v) is 2.05. The number of hydrogen-bond acceptors (Lipinski definition) is 0. The SMILES string of the molecule is [CH2]CCCCCCCCCC(Br)[CH]Br. The molecule has 0 bridgehead atoms. The van der Waals surface area contributed by atoms with Crippen LogP contribution in [0.4, 0.5) is 0 Å². The molecule has 0 aromatic rings. The summed E-state index contributed by atoms with van der Waals surface area (Å²) in [7, 11) is 0. The van der Waals surface area contributed by atoms with Crippen LogP contribution in [0.25, 0.3) is 0 Å². The highest BCUT2D eigenvalue weighted by Crippen LogP contribution is 2.17. The second-order valence-electron chi connectivity index (χ2n) is 3.76. The highest BCUT2D eigenvalue weighted by Gasteiger charge is 2.00. The van der Waals surface area contributed by atoms with Crippen LogP contribution in [0.15, 0.2) is 0 Å². The Hall–Kier alpha value is 0.960. The molecule has 0 aromatic carbocycles. The Kier molecular flexibility index (Phi) is 12.9. The van der Waals surface area contributed by atoms with Crippen LogP contribution in [-0.2, 0) is 0 Å². The fourth-order valence-electron chi connectivity index (χ4n) is 1.46. The molecule has 1 unspecified atom stereocenters. The van der Waals surface area contributed by atoms with E-state index in [4.69, 9.17) is 0 Å². The standard InChI is InChI=1S/C12H22Br2/c1-2-3-4-5-6-7-8-9-10-12(14)11-13/h11-12H,1-10H2. The van der Waals surface area contributed by atoms with E-state index in [9.17, 15) is 0 Å². The van der Waals surface area contributed by atoms with Gasteiger partial charge in [-0.3, -0.25) is 0 Å². The maximum atomic E-state index is 3.85. The maximum absolute atomic E-state index is 3.85. The summed E-state index contributed by atoms with van der Waals surface area (Å²) in [4.78, 5) is 0.550. The molecule has 14 heavy (non-hydrogen) atoms. The van der Waals surface area contributed by atoms with Gasteiger partial charge in [0.25, 0.3) is 0 Å². The second kappa shape index (κ2) is 12.0. The molecule has 0 saturated heterocycles. The molecule has 0 spiro atoms. The Balaban J connectivity index is 2.92. The van der Waals surface area contributed by atoms with Crippen LogP contribution >= 0.6 is 31.9 Å². The largest absolute Gasteiger partial charge is 0.0878 e. The zero-order valence-corrected chi connectivity index (χ0v) is 12.2. The molecule has 0 saturated carbocycles. The third-order valence-corrected chi connectivity index (χ3v) is 4.44. The van der Waals surface area contributed by atoms with Gasteiger partial charge in [0.05, 0.1) is 0 Å². The van der Waals surface area contributed by atoms with Crippen molar-refractivity contribution in [3.8, 4) is 0 Å². The predicted octanol–water partition coefficient (Wildman–Crippen LogP) is 5.65. The molecule has 0 nitrogen and oxygen atoms in total. The topological polar surface area (TPSA) is 0 Å². The molecule has 0 N–H and O–H groups in total. The van der Waals surface area contributed by atoms with Gasteiger partial charge in [0.2, 0.25) is 0 Å². The normalized spacial score (nSPS) is 13.1. The summed E-state index contributed by atoms with van der Waals surface area (Å²) in [5.74, 6) is 0. The van der Waals surface area contributed by atoms with Crippen molar-refractivity contribution in [3.05, 3.63) is 12.3 Å². The second-order valence-corrected chi connectivity index (χ2v) is 5.46. The van der Waals surface area contributed by atoms with E-state index in [0.717, 1.165) is 6.42 Å². The highest BCUT2D eigenvalue weighted by atomic mass is 79.9. The van der Waals surface area contributed by atoms with Gasteiger partial charge in [-0.1, -0.05) is 90.2 Å². The van der Waals surface area contributed by atoms with Crippen molar-refractivity contribution in [3.63, 3.8) is 0 Å². The van der Waals surface area contributed by atoms with Crippen molar-refractivity contribution in [2.45, 2.75) is 62.6 Å². The number of alkyl halides is 1. The minimum absolute atomic E-state index is 0.550. The highest BCUT2D eigenvalue weighted by molar-refractivity contribution is 9.13. The smallest absolute Gasteiger partial charge is 0.0407 e. The van der Waals surface area contributed by atoms with Crippen molar-refractivity contribution in [1.82, 2.24) is 0 Å². The quantitative estimate of drug-likeness (QED) is 0.359. The van der Waals surface area contributed by atoms with Gasteiger partial charge in [-0.25, -0.2) is 0 Å². The Labute approximate surface area is 106 Å². The van der Waals surface area contributed by atoms with Crippen molar-refractivity contribution in [1.29, 1.82) is 0 Å². The summed E-state index contributed by atoms with van der Waals surface area (Å²) >= 11 is 6.92. The molecule has 0 fully saturated rings. The average Bonchev–Trinajstić information content (AvgIpc) is 2.21. The van der Waals surface area contributed by atoms with Crippen LogP contribution in [0.5, 0.6) is 0 Å². The fraction of sp³-hybridized carbons (Fsp3) is 0.833. The van der Waals surface area contributed by atoms with Crippen LogP contribution in [0.3, 0.4) is 0 Å². The lowest BCUT2D eigenvalue weighted by molar-refractivity contribution is 0.573. The molecule has 84 valence electrons. The van der Waals surface area contributed by atoms with Crippen LogP contribution in [0.2, 0.25) is 0 Å². The maximum Gasteiger partial charge on any atom is 0.0407 e. The van der Waals surface area contributed by atoms with Gasteiger partial charge in [0.15, 0.2) is 0 Å². The van der Waals surface area contributed by atoms with Gasteiger partial charge in [0.1, 0.15) is 0 Å². The number of hydrogen-bond donors (Lipinski definition) is 0. The molecular weight excluding hydrogens is 304 g/mol. The van der Waals surface area contributed by atoms with Crippen molar-refractivity contribution in [2.24, 2.45) is 0 Å². The van der Waals surface area contributed by atoms with Gasteiger partial charge in [-0.05, 0) is 6.42 Å². The molecule has 1 atom stereocenters. The van der Waals surface area contributed by atoms with Gasteiger partial charge in [0, 0.05) is 10.2 Å². The van der Waals surface area contributed by atoms with Crippen LogP contribution in [0, 0.1) is 12.3 Å². The van der Waals surface area contributed by atoms with E-state index in [1.54, 1.807) is 0 Å². The minimum atomic E-state index is 0.550. The summed E-state index contributed by atoms with van der Waals surface area (Å²) in [6.07, 6.45) is 12.0. The molecular formula is C12H22Br2. The average molecular weight is 326 g/mol. The van der Waals surface area contributed by atoms with E-state index < -0.39 is 0 Å². The van der Waals surface area contributed by atoms with Crippen LogP contribution < -0.4 is 0 Å². The van der Waals surface area contributed by atoms with Gasteiger partial charge >= 0.3 is 0 Å². The van der Waals surface area contributed by atoms with E-state index in [-0.39, 0.29) is 0 Å². The molecule has 0 aliphatic rings. The zero-order valence-electron chi connectivity index (χ0n) is 8.98. The lowest BCUT2D eigenvalue weighted by Crippen LogP contribution is -1.93. The van der Waals surface area contributed by atoms with E-state index >= 15 is 0 Å². The lowest BCUT2D eigenvalue weighted by atomic mass is 10.1. The Morgan fingerprint density at radius 1 is 0.929 bits per heavy atom. The van der Waals surface area contributed by atoms with Gasteiger partial charge in [-0.2, -0.15) is 0 Å². The summed E-state index contributed by atoms with van der Waals surface area (Å²) in [6.45, 7) is 3.85. The third-order valence-electron chi connectivity index (χ3n) is 2.37.